The van der Waals surface area contributed by atoms with Gasteiger partial charge in [-0.1, -0.05) is 35.9 Å². The number of hydrogen-bond donors (Lipinski definition) is 2. The van der Waals surface area contributed by atoms with Crippen molar-refractivity contribution in [1.82, 2.24) is 4.90 Å². The van der Waals surface area contributed by atoms with Crippen LogP contribution in [0.4, 0.5) is 10.5 Å². The van der Waals surface area contributed by atoms with Gasteiger partial charge in [0.05, 0.1) is 28.3 Å². The second-order valence-corrected chi connectivity index (χ2v) is 12.4. The van der Waals surface area contributed by atoms with E-state index < -0.39 is 35.9 Å². The van der Waals surface area contributed by atoms with Gasteiger partial charge >= 0.3 is 6.03 Å². The second kappa shape index (κ2) is 11.4. The van der Waals surface area contributed by atoms with E-state index in [2.05, 4.69) is 5.32 Å². The topological polar surface area (TPSA) is 102 Å². The first kappa shape index (κ1) is 27.9. The number of nitrogens with one attached hydrogen (secondary N) is 1. The molecule has 0 radical (unpaired) electrons. The molecule has 206 valence electrons. The summed E-state index contributed by atoms with van der Waals surface area (Å²) in [7, 11) is 1.55. The minimum absolute atomic E-state index is 0.209. The van der Waals surface area contributed by atoms with Crippen LogP contribution in [0, 0.1) is 19.8 Å². The summed E-state index contributed by atoms with van der Waals surface area (Å²) in [5, 5.41) is 4.87. The van der Waals surface area contributed by atoms with Crippen molar-refractivity contribution in [3.8, 4) is 5.75 Å². The van der Waals surface area contributed by atoms with Crippen molar-refractivity contribution in [2.75, 3.05) is 12.4 Å². The fraction of sp³-hybridized carbons (Fsp3) is 0.233. The molecule has 7 nitrogen and oxygen atoms in total. The molecule has 10 heteroatoms. The van der Waals surface area contributed by atoms with E-state index in [1.165, 1.54) is 27.6 Å². The molecule has 4 atom stereocenters. The van der Waals surface area contributed by atoms with Gasteiger partial charge in [0.1, 0.15) is 11.8 Å². The Bertz CT molecular complexity index is 1580. The van der Waals surface area contributed by atoms with Gasteiger partial charge in [0, 0.05) is 16.5 Å². The van der Waals surface area contributed by atoms with E-state index in [-0.39, 0.29) is 5.78 Å². The summed E-state index contributed by atoms with van der Waals surface area (Å²) in [5.41, 5.74) is 9.22. The summed E-state index contributed by atoms with van der Waals surface area (Å²) in [5.74, 6) is -1.90. The van der Waals surface area contributed by atoms with E-state index in [4.69, 9.17) is 22.1 Å². The molecule has 3 heterocycles. The van der Waals surface area contributed by atoms with Gasteiger partial charge < -0.3 is 20.7 Å². The Morgan fingerprint density at radius 3 is 2.42 bits per heavy atom. The van der Waals surface area contributed by atoms with Crippen LogP contribution in [-0.2, 0) is 4.79 Å². The summed E-state index contributed by atoms with van der Waals surface area (Å²) < 4.78 is 5.94. The average Bonchev–Trinajstić information content (AvgIpc) is 3.64. The van der Waals surface area contributed by atoms with Gasteiger partial charge in [-0.05, 0) is 78.4 Å². The van der Waals surface area contributed by atoms with E-state index >= 15 is 0 Å². The molecular formula is C30H28ClN3O4S2. The maximum Gasteiger partial charge on any atom is 0.323 e. The van der Waals surface area contributed by atoms with Crippen molar-refractivity contribution in [2.45, 2.75) is 31.8 Å². The monoisotopic (exact) mass is 593 g/mol. The van der Waals surface area contributed by atoms with Crippen molar-refractivity contribution in [1.29, 1.82) is 0 Å². The van der Waals surface area contributed by atoms with E-state index in [9.17, 15) is 14.4 Å². The molecule has 2 aromatic heterocycles. The number of methoxy groups -OCH3 is 1. The number of urea groups is 1. The number of ether oxygens (including phenoxy) is 1. The fourth-order valence-corrected chi connectivity index (χ4v) is 7.63. The predicted molar refractivity (Wildman–Crippen MR) is 160 cm³/mol. The Morgan fingerprint density at radius 2 is 1.80 bits per heavy atom. The number of primary amides is 1. The number of rotatable bonds is 7. The molecule has 1 aliphatic rings. The number of anilines is 1. The van der Waals surface area contributed by atoms with Crippen molar-refractivity contribution in [2.24, 2.45) is 11.7 Å². The zero-order chi connectivity index (χ0) is 28.6. The molecule has 4 aromatic rings. The van der Waals surface area contributed by atoms with Gasteiger partial charge in [-0.3, -0.25) is 9.59 Å². The van der Waals surface area contributed by atoms with Crippen molar-refractivity contribution in [3.05, 3.63) is 103 Å². The lowest BCUT2D eigenvalue weighted by Gasteiger charge is -2.30. The third kappa shape index (κ3) is 5.24. The lowest BCUT2D eigenvalue weighted by Crippen LogP contribution is -2.48. The van der Waals surface area contributed by atoms with E-state index in [0.29, 0.717) is 26.2 Å². The molecule has 1 saturated heterocycles. The van der Waals surface area contributed by atoms with Gasteiger partial charge in [0.25, 0.3) is 0 Å². The molecular weight excluding hydrogens is 566 g/mol. The standard InChI is InChI=1S/C30H28ClN3O4S2/c1-16-6-4-8-19(14-16)33-30(37)34-25(28-17(2)12-13-39-28)24(27(35)21-10-11-22(31)40-21)23(26(34)29(32)36)18-7-5-9-20(15-18)38-3/h4-15,23-26H,1-3H3,(H2,32,36)(H,33,37). The summed E-state index contributed by atoms with van der Waals surface area (Å²) in [6, 6.07) is 17.5. The number of hydrogen-bond acceptors (Lipinski definition) is 6. The highest BCUT2D eigenvalue weighted by Crippen LogP contribution is 2.53. The maximum atomic E-state index is 14.4. The zero-order valence-electron chi connectivity index (χ0n) is 22.1. The number of nitrogens with two attached hydrogens (primary N) is 1. The van der Waals surface area contributed by atoms with Crippen LogP contribution >= 0.6 is 34.3 Å². The summed E-state index contributed by atoms with van der Waals surface area (Å²) in [6.07, 6.45) is 0. The Labute approximate surface area is 245 Å². The Hall–Kier alpha value is -3.66. The quantitative estimate of drug-likeness (QED) is 0.230. The summed E-state index contributed by atoms with van der Waals surface area (Å²) >= 11 is 8.85. The van der Waals surface area contributed by atoms with E-state index in [1.807, 2.05) is 49.6 Å². The molecule has 0 bridgehead atoms. The largest absolute Gasteiger partial charge is 0.497 e. The van der Waals surface area contributed by atoms with Crippen LogP contribution in [0.25, 0.3) is 0 Å². The third-order valence-electron chi connectivity index (χ3n) is 7.23. The Morgan fingerprint density at radius 1 is 1.02 bits per heavy atom. The zero-order valence-corrected chi connectivity index (χ0v) is 24.5. The first-order chi connectivity index (χ1) is 19.2. The van der Waals surface area contributed by atoms with Crippen molar-refractivity contribution < 1.29 is 19.1 Å². The Balaban J connectivity index is 1.73. The number of likely N-dealkylation sites (tertiary alicyclic amines) is 1. The minimum atomic E-state index is -1.12. The molecule has 0 aliphatic carbocycles. The molecule has 0 spiro atoms. The number of amides is 3. The first-order valence-corrected chi connectivity index (χ1v) is 14.7. The average molecular weight is 594 g/mol. The van der Waals surface area contributed by atoms with Crippen LogP contribution in [0.1, 0.15) is 43.2 Å². The molecule has 1 aliphatic heterocycles. The second-order valence-electron chi connectivity index (χ2n) is 9.76. The number of ketones is 1. The van der Waals surface area contributed by atoms with Crippen LogP contribution in [0.2, 0.25) is 4.34 Å². The van der Waals surface area contributed by atoms with Gasteiger partial charge in [-0.25, -0.2) is 4.79 Å². The van der Waals surface area contributed by atoms with Gasteiger partial charge in [0.2, 0.25) is 5.91 Å². The summed E-state index contributed by atoms with van der Waals surface area (Å²) in [4.78, 5) is 44.5. The number of aryl methyl sites for hydroxylation is 2. The SMILES string of the molecule is COc1cccc(C2C(C(=O)c3ccc(Cl)s3)C(c3sccc3C)N(C(=O)Nc3cccc(C)c3)C2C(N)=O)c1. The van der Waals surface area contributed by atoms with E-state index in [0.717, 1.165) is 16.0 Å². The summed E-state index contributed by atoms with van der Waals surface area (Å²) in [6.45, 7) is 3.86. The van der Waals surface area contributed by atoms with E-state index in [1.54, 1.807) is 43.5 Å². The number of benzene rings is 2. The van der Waals surface area contributed by atoms with Crippen LogP contribution in [0.3, 0.4) is 0 Å². The highest BCUT2D eigenvalue weighted by Gasteiger charge is 2.58. The third-order valence-corrected chi connectivity index (χ3v) is 9.57. The highest BCUT2D eigenvalue weighted by molar-refractivity contribution is 7.18. The number of nitrogens with zero attached hydrogens (tertiary/aromatic N) is 1. The van der Waals surface area contributed by atoms with Crippen LogP contribution in [0.5, 0.6) is 5.75 Å². The van der Waals surface area contributed by atoms with Gasteiger partial charge in [0.15, 0.2) is 5.78 Å². The number of carbonyl (C=O) groups is 3. The molecule has 0 saturated carbocycles. The fourth-order valence-electron chi connectivity index (χ4n) is 5.52. The van der Waals surface area contributed by atoms with Crippen LogP contribution in [-0.4, -0.2) is 35.8 Å². The predicted octanol–water partition coefficient (Wildman–Crippen LogP) is 6.81. The molecule has 1 fully saturated rings. The molecule has 40 heavy (non-hydrogen) atoms. The lowest BCUT2D eigenvalue weighted by molar-refractivity contribution is -0.122. The van der Waals surface area contributed by atoms with Gasteiger partial charge in [-0.2, -0.15) is 0 Å². The van der Waals surface area contributed by atoms with Crippen molar-refractivity contribution >= 4 is 57.7 Å². The molecule has 3 N–H and O–H groups in total. The maximum absolute atomic E-state index is 14.4. The highest BCUT2D eigenvalue weighted by atomic mass is 35.5. The van der Waals surface area contributed by atoms with Gasteiger partial charge in [-0.15, -0.1) is 22.7 Å². The Kier molecular flexibility index (Phi) is 7.98. The molecule has 5 rings (SSSR count). The number of Topliss-reactive ketones (excluding diaryl/α,β-unsaturated/α-hetero) is 1. The van der Waals surface area contributed by atoms with Crippen molar-refractivity contribution in [3.63, 3.8) is 0 Å². The smallest absolute Gasteiger partial charge is 0.323 e. The number of carbonyl (C=O) groups excluding carboxylic acids is 3. The first-order valence-electron chi connectivity index (χ1n) is 12.6. The normalized spacial score (nSPS) is 20.4. The lowest BCUT2D eigenvalue weighted by atomic mass is 9.78. The number of thiophene rings is 2. The van der Waals surface area contributed by atoms with Crippen LogP contribution in [0.15, 0.2) is 72.1 Å². The van der Waals surface area contributed by atoms with Crippen LogP contribution < -0.4 is 15.8 Å². The minimum Gasteiger partial charge on any atom is -0.497 e. The molecule has 3 amide bonds. The number of halogens is 1. The molecule has 2 aromatic carbocycles. The molecule has 4 unspecified atom stereocenters.